The number of rotatable bonds is 7. The molecule has 1 atom stereocenters. The molecule has 106 valence electrons. The molecule has 4 heteroatoms. The Bertz CT molecular complexity index is 260. The number of hydrogen-bond acceptors (Lipinski definition) is 3. The van der Waals surface area contributed by atoms with Gasteiger partial charge in [0.2, 0.25) is 5.91 Å². The van der Waals surface area contributed by atoms with Gasteiger partial charge >= 0.3 is 0 Å². The van der Waals surface area contributed by atoms with E-state index in [1.54, 1.807) is 0 Å². The second-order valence-corrected chi connectivity index (χ2v) is 5.69. The Morgan fingerprint density at radius 1 is 1.50 bits per heavy atom. The topological polar surface area (TPSA) is 44.4 Å². The maximum Gasteiger partial charge on any atom is 0.240 e. The SMILES string of the molecule is CCCC1(C(=O)NCCN(C)C(C)C)CCCN1. The molecule has 1 fully saturated rings. The first-order chi connectivity index (χ1) is 8.52. The second-order valence-electron chi connectivity index (χ2n) is 5.69. The fourth-order valence-electron chi connectivity index (χ4n) is 2.53. The van der Waals surface area contributed by atoms with Crippen molar-refractivity contribution in [3.8, 4) is 0 Å². The zero-order chi connectivity index (χ0) is 13.6. The Morgan fingerprint density at radius 2 is 2.22 bits per heavy atom. The van der Waals surface area contributed by atoms with Crippen LogP contribution in [0.4, 0.5) is 0 Å². The summed E-state index contributed by atoms with van der Waals surface area (Å²) in [7, 11) is 2.09. The third-order valence-electron chi connectivity index (χ3n) is 3.99. The van der Waals surface area contributed by atoms with Gasteiger partial charge in [-0.2, -0.15) is 0 Å². The molecule has 1 saturated heterocycles. The van der Waals surface area contributed by atoms with Gasteiger partial charge in [0.15, 0.2) is 0 Å². The van der Waals surface area contributed by atoms with E-state index in [-0.39, 0.29) is 11.4 Å². The first-order valence-electron chi connectivity index (χ1n) is 7.25. The van der Waals surface area contributed by atoms with Crippen molar-refractivity contribution in [2.75, 3.05) is 26.7 Å². The summed E-state index contributed by atoms with van der Waals surface area (Å²) in [5.41, 5.74) is -0.287. The molecule has 1 aliphatic rings. The van der Waals surface area contributed by atoms with Crippen molar-refractivity contribution in [2.45, 2.75) is 58.0 Å². The lowest BCUT2D eigenvalue weighted by Gasteiger charge is -2.28. The summed E-state index contributed by atoms with van der Waals surface area (Å²) in [5.74, 6) is 0.194. The Morgan fingerprint density at radius 3 is 2.72 bits per heavy atom. The van der Waals surface area contributed by atoms with E-state index in [1.807, 2.05) is 0 Å². The van der Waals surface area contributed by atoms with Gasteiger partial charge in [0.25, 0.3) is 0 Å². The summed E-state index contributed by atoms with van der Waals surface area (Å²) in [4.78, 5) is 14.6. The maximum absolute atomic E-state index is 12.3. The highest BCUT2D eigenvalue weighted by molar-refractivity contribution is 5.86. The second kappa shape index (κ2) is 7.10. The van der Waals surface area contributed by atoms with Crippen molar-refractivity contribution in [2.24, 2.45) is 0 Å². The molecule has 0 saturated carbocycles. The molecule has 0 aromatic heterocycles. The standard InChI is InChI=1S/C14H29N3O/c1-5-7-14(8-6-9-16-14)13(18)15-10-11-17(4)12(2)3/h12,16H,5-11H2,1-4H3,(H,15,18). The van der Waals surface area contributed by atoms with Crippen LogP contribution in [-0.4, -0.2) is 49.1 Å². The number of nitrogens with one attached hydrogen (secondary N) is 2. The van der Waals surface area contributed by atoms with Gasteiger partial charge in [-0.3, -0.25) is 4.79 Å². The van der Waals surface area contributed by atoms with E-state index in [0.717, 1.165) is 45.3 Å². The highest BCUT2D eigenvalue weighted by Crippen LogP contribution is 2.24. The van der Waals surface area contributed by atoms with Gasteiger partial charge in [-0.15, -0.1) is 0 Å². The molecule has 0 radical (unpaired) electrons. The van der Waals surface area contributed by atoms with Gasteiger partial charge in [-0.1, -0.05) is 13.3 Å². The van der Waals surface area contributed by atoms with Gasteiger partial charge in [-0.05, 0) is 46.7 Å². The molecule has 1 heterocycles. The van der Waals surface area contributed by atoms with Crippen LogP contribution in [0.1, 0.15) is 46.5 Å². The van der Waals surface area contributed by atoms with Crippen molar-refractivity contribution in [1.29, 1.82) is 0 Å². The molecule has 0 aromatic rings. The fourth-order valence-corrected chi connectivity index (χ4v) is 2.53. The van der Waals surface area contributed by atoms with E-state index < -0.39 is 0 Å². The highest BCUT2D eigenvalue weighted by Gasteiger charge is 2.39. The third-order valence-corrected chi connectivity index (χ3v) is 3.99. The minimum atomic E-state index is -0.287. The monoisotopic (exact) mass is 255 g/mol. The van der Waals surface area contributed by atoms with Crippen molar-refractivity contribution >= 4 is 5.91 Å². The molecular formula is C14H29N3O. The van der Waals surface area contributed by atoms with Crippen LogP contribution < -0.4 is 10.6 Å². The smallest absolute Gasteiger partial charge is 0.240 e. The van der Waals surface area contributed by atoms with Crippen LogP contribution in [0.25, 0.3) is 0 Å². The molecule has 1 unspecified atom stereocenters. The van der Waals surface area contributed by atoms with Crippen LogP contribution >= 0.6 is 0 Å². The van der Waals surface area contributed by atoms with E-state index in [1.165, 1.54) is 0 Å². The molecule has 1 amide bonds. The van der Waals surface area contributed by atoms with E-state index in [4.69, 9.17) is 0 Å². The molecule has 0 aliphatic carbocycles. The molecule has 1 rings (SSSR count). The summed E-state index contributed by atoms with van der Waals surface area (Å²) in [6, 6.07) is 0.524. The molecule has 4 nitrogen and oxygen atoms in total. The average Bonchev–Trinajstić information content (AvgIpc) is 2.79. The molecule has 0 aromatic carbocycles. The maximum atomic E-state index is 12.3. The number of amides is 1. The quantitative estimate of drug-likeness (QED) is 0.722. The first kappa shape index (κ1) is 15.4. The van der Waals surface area contributed by atoms with E-state index in [2.05, 4.69) is 43.4 Å². The highest BCUT2D eigenvalue weighted by atomic mass is 16.2. The van der Waals surface area contributed by atoms with Crippen LogP contribution in [0.3, 0.4) is 0 Å². The average molecular weight is 255 g/mol. The van der Waals surface area contributed by atoms with Gasteiger partial charge in [0.1, 0.15) is 0 Å². The van der Waals surface area contributed by atoms with E-state index in [9.17, 15) is 4.79 Å². The van der Waals surface area contributed by atoms with Crippen molar-refractivity contribution in [3.63, 3.8) is 0 Å². The Labute approximate surface area is 111 Å². The van der Waals surface area contributed by atoms with Gasteiger partial charge in [0, 0.05) is 19.1 Å². The lowest BCUT2D eigenvalue weighted by Crippen LogP contribution is -2.54. The van der Waals surface area contributed by atoms with E-state index in [0.29, 0.717) is 6.04 Å². The number of hydrogen-bond donors (Lipinski definition) is 2. The normalized spacial score (nSPS) is 23.9. The molecule has 18 heavy (non-hydrogen) atoms. The minimum absolute atomic E-state index is 0.194. The number of nitrogens with zero attached hydrogens (tertiary/aromatic N) is 1. The Kier molecular flexibility index (Phi) is 6.09. The lowest BCUT2D eigenvalue weighted by atomic mass is 9.91. The van der Waals surface area contributed by atoms with Gasteiger partial charge in [0.05, 0.1) is 5.54 Å². The summed E-state index contributed by atoms with van der Waals surface area (Å²) in [6.07, 6.45) is 4.08. The van der Waals surface area contributed by atoms with Crippen LogP contribution in [0, 0.1) is 0 Å². The van der Waals surface area contributed by atoms with Gasteiger partial charge in [-0.25, -0.2) is 0 Å². The number of carbonyl (C=O) groups is 1. The van der Waals surface area contributed by atoms with Crippen molar-refractivity contribution < 1.29 is 4.79 Å². The minimum Gasteiger partial charge on any atom is -0.353 e. The molecule has 1 aliphatic heterocycles. The Balaban J connectivity index is 2.38. The zero-order valence-corrected chi connectivity index (χ0v) is 12.4. The lowest BCUT2D eigenvalue weighted by molar-refractivity contribution is -0.127. The van der Waals surface area contributed by atoms with E-state index >= 15 is 0 Å². The predicted octanol–water partition coefficient (Wildman–Crippen LogP) is 1.37. The molecule has 0 spiro atoms. The summed E-state index contributed by atoms with van der Waals surface area (Å²) in [5, 5.41) is 6.50. The first-order valence-corrected chi connectivity index (χ1v) is 7.25. The van der Waals surface area contributed by atoms with Crippen LogP contribution in [0.2, 0.25) is 0 Å². The van der Waals surface area contributed by atoms with Crippen molar-refractivity contribution in [1.82, 2.24) is 15.5 Å². The molecule has 0 bridgehead atoms. The van der Waals surface area contributed by atoms with Crippen LogP contribution in [0.15, 0.2) is 0 Å². The van der Waals surface area contributed by atoms with Crippen LogP contribution in [-0.2, 0) is 4.79 Å². The van der Waals surface area contributed by atoms with Gasteiger partial charge < -0.3 is 15.5 Å². The zero-order valence-electron chi connectivity index (χ0n) is 12.4. The number of likely N-dealkylation sites (N-methyl/N-ethyl adjacent to an activating group) is 1. The summed E-state index contributed by atoms with van der Waals surface area (Å²) < 4.78 is 0. The molecular weight excluding hydrogens is 226 g/mol. The summed E-state index contributed by atoms with van der Waals surface area (Å²) >= 11 is 0. The largest absolute Gasteiger partial charge is 0.353 e. The Hall–Kier alpha value is -0.610. The fraction of sp³-hybridized carbons (Fsp3) is 0.929. The predicted molar refractivity (Wildman–Crippen MR) is 75.7 cm³/mol. The molecule has 2 N–H and O–H groups in total. The third kappa shape index (κ3) is 3.95. The number of carbonyl (C=O) groups excluding carboxylic acids is 1. The van der Waals surface area contributed by atoms with Crippen molar-refractivity contribution in [3.05, 3.63) is 0 Å². The summed E-state index contributed by atoms with van der Waals surface area (Å²) in [6.45, 7) is 9.09. The van der Waals surface area contributed by atoms with Crippen LogP contribution in [0.5, 0.6) is 0 Å².